The van der Waals surface area contributed by atoms with Crippen molar-refractivity contribution in [3.05, 3.63) is 107 Å². The average molecular weight is 471 g/mol. The van der Waals surface area contributed by atoms with E-state index >= 15 is 0 Å². The maximum atomic E-state index is 2.44. The van der Waals surface area contributed by atoms with Crippen molar-refractivity contribution in [2.24, 2.45) is 0 Å². The molecule has 0 nitrogen and oxygen atoms in total. The van der Waals surface area contributed by atoms with E-state index in [2.05, 4.69) is 99.6 Å². The van der Waals surface area contributed by atoms with E-state index in [0.717, 1.165) is 0 Å². The first-order valence-electron chi connectivity index (χ1n) is 13.6. The molecule has 1 heterocycles. The van der Waals surface area contributed by atoms with Gasteiger partial charge >= 0.3 is 0 Å². The summed E-state index contributed by atoms with van der Waals surface area (Å²) in [5.41, 5.74) is 9.14. The maximum absolute atomic E-state index is 2.44. The molecule has 0 saturated carbocycles. The molecule has 34 heavy (non-hydrogen) atoms. The predicted molar refractivity (Wildman–Crippen MR) is 151 cm³/mol. The normalized spacial score (nSPS) is 22.6. The minimum absolute atomic E-state index is 0.125. The van der Waals surface area contributed by atoms with Crippen LogP contribution in [0.5, 0.6) is 0 Å². The lowest BCUT2D eigenvalue weighted by atomic mass is 9.85. The highest BCUT2D eigenvalue weighted by molar-refractivity contribution is 7.58. The van der Waals surface area contributed by atoms with Crippen LogP contribution >= 0.6 is 7.92 Å². The molecule has 1 aliphatic heterocycles. The van der Waals surface area contributed by atoms with Crippen LogP contribution in [0.2, 0.25) is 0 Å². The van der Waals surface area contributed by atoms with E-state index in [0.29, 0.717) is 17.2 Å². The van der Waals surface area contributed by atoms with Gasteiger partial charge in [-0.2, -0.15) is 0 Å². The molecule has 1 fully saturated rings. The predicted octanol–water partition coefficient (Wildman–Crippen LogP) is 10.5. The molecule has 0 N–H and O–H groups in total. The molecule has 4 rings (SSSR count). The van der Waals surface area contributed by atoms with Crippen LogP contribution in [-0.4, -0.2) is 6.16 Å². The number of rotatable bonds is 10. The van der Waals surface area contributed by atoms with Gasteiger partial charge in [-0.25, -0.2) is 0 Å². The van der Waals surface area contributed by atoms with Gasteiger partial charge in [0.25, 0.3) is 0 Å². The zero-order valence-corrected chi connectivity index (χ0v) is 22.4. The molecule has 3 aromatic rings. The number of unbranched alkanes of at least 4 members (excludes halogenated alkanes) is 5. The Morgan fingerprint density at radius 1 is 0.618 bits per heavy atom. The molecule has 0 spiro atoms. The first kappa shape index (κ1) is 25.2. The molecule has 1 saturated heterocycles. The van der Waals surface area contributed by atoms with Crippen LogP contribution in [0.25, 0.3) is 0 Å². The fourth-order valence-electron chi connectivity index (χ4n) is 6.04. The second-order valence-electron chi connectivity index (χ2n) is 10.3. The molecule has 0 aliphatic carbocycles. The summed E-state index contributed by atoms with van der Waals surface area (Å²) >= 11 is 0. The van der Waals surface area contributed by atoms with E-state index in [1.807, 2.05) is 0 Å². The summed E-state index contributed by atoms with van der Waals surface area (Å²) in [4.78, 5) is 0. The van der Waals surface area contributed by atoms with Crippen molar-refractivity contribution in [3.63, 3.8) is 0 Å². The molecule has 1 heteroatoms. The van der Waals surface area contributed by atoms with E-state index in [1.54, 1.807) is 11.1 Å². The van der Waals surface area contributed by atoms with E-state index < -0.39 is 0 Å². The first-order chi connectivity index (χ1) is 16.7. The van der Waals surface area contributed by atoms with Crippen LogP contribution in [0.1, 0.15) is 103 Å². The quantitative estimate of drug-likeness (QED) is 0.204. The fraction of sp³-hybridized carbons (Fsp3) is 0.455. The molecule has 0 radical (unpaired) electrons. The van der Waals surface area contributed by atoms with Gasteiger partial charge in [-0.05, 0) is 73.0 Å². The summed E-state index contributed by atoms with van der Waals surface area (Å²) < 4.78 is 0. The van der Waals surface area contributed by atoms with Crippen LogP contribution in [0.15, 0.2) is 78.9 Å². The summed E-state index contributed by atoms with van der Waals surface area (Å²) in [6, 6.07) is 29.9. The molecule has 0 bridgehead atoms. The third-order valence-corrected chi connectivity index (χ3v) is 11.4. The highest BCUT2D eigenvalue weighted by Gasteiger charge is 2.39. The second kappa shape index (κ2) is 12.7. The van der Waals surface area contributed by atoms with Crippen molar-refractivity contribution >= 4 is 7.92 Å². The third kappa shape index (κ3) is 6.20. The Hall–Kier alpha value is -1.91. The largest absolute Gasteiger partial charge is 0.0913 e. The standard InChI is InChI=1S/C33H43P/c1-4-5-6-7-8-16-23-34-32(30-21-14-12-17-26(30)2)24-29(28-19-10-9-11-20-28)25-33(34)31-22-15-13-18-27(31)3/h9-15,17-22,29,32-33H,4-8,16,23-25H2,1-3H3. The zero-order chi connectivity index (χ0) is 23.8. The van der Waals surface area contributed by atoms with Crippen molar-refractivity contribution in [3.8, 4) is 0 Å². The number of hydrogen-bond donors (Lipinski definition) is 0. The molecular formula is C33H43P. The molecule has 2 atom stereocenters. The van der Waals surface area contributed by atoms with Gasteiger partial charge in [0.2, 0.25) is 0 Å². The summed E-state index contributed by atoms with van der Waals surface area (Å²) in [5, 5.41) is 0. The van der Waals surface area contributed by atoms with Crippen molar-refractivity contribution in [1.82, 2.24) is 0 Å². The molecular weight excluding hydrogens is 427 g/mol. The smallest absolute Gasteiger partial charge is 0.00557 e. The summed E-state index contributed by atoms with van der Waals surface area (Å²) in [6.07, 6.45) is 12.4. The van der Waals surface area contributed by atoms with Crippen LogP contribution in [-0.2, 0) is 0 Å². The van der Waals surface area contributed by atoms with Crippen molar-refractivity contribution in [1.29, 1.82) is 0 Å². The van der Waals surface area contributed by atoms with Crippen LogP contribution in [0.4, 0.5) is 0 Å². The van der Waals surface area contributed by atoms with Crippen LogP contribution in [0.3, 0.4) is 0 Å². The Balaban J connectivity index is 1.68. The number of aryl methyl sites for hydroxylation is 2. The lowest BCUT2D eigenvalue weighted by Crippen LogP contribution is -2.20. The number of benzene rings is 3. The van der Waals surface area contributed by atoms with Crippen molar-refractivity contribution in [2.75, 3.05) is 6.16 Å². The summed E-state index contributed by atoms with van der Waals surface area (Å²) in [5.74, 6) is 0.638. The number of hydrogen-bond acceptors (Lipinski definition) is 0. The van der Waals surface area contributed by atoms with Crippen molar-refractivity contribution in [2.45, 2.75) is 89.4 Å². The van der Waals surface area contributed by atoms with Gasteiger partial charge in [-0.15, -0.1) is 0 Å². The molecule has 0 aromatic heterocycles. The SMILES string of the molecule is CCCCCCCCP1C(c2ccccc2C)CC(c2ccccc2)CC1c1ccccc1C. The minimum Gasteiger partial charge on any atom is -0.0913 e. The zero-order valence-electron chi connectivity index (χ0n) is 21.5. The van der Waals surface area contributed by atoms with E-state index in [4.69, 9.17) is 0 Å². The van der Waals surface area contributed by atoms with Gasteiger partial charge in [-0.1, -0.05) is 126 Å². The topological polar surface area (TPSA) is 0 Å². The molecule has 3 aromatic carbocycles. The highest BCUT2D eigenvalue weighted by atomic mass is 31.1. The van der Waals surface area contributed by atoms with Gasteiger partial charge in [0.1, 0.15) is 0 Å². The lowest BCUT2D eigenvalue weighted by Gasteiger charge is -2.44. The maximum Gasteiger partial charge on any atom is 0.00557 e. The third-order valence-electron chi connectivity index (χ3n) is 7.95. The van der Waals surface area contributed by atoms with Crippen molar-refractivity contribution < 1.29 is 0 Å². The van der Waals surface area contributed by atoms with Gasteiger partial charge in [-0.3, -0.25) is 0 Å². The Bertz CT molecular complexity index is 952. The minimum atomic E-state index is -0.125. The van der Waals surface area contributed by atoms with Crippen LogP contribution in [0, 0.1) is 13.8 Å². The molecule has 2 unspecified atom stereocenters. The van der Waals surface area contributed by atoms with Gasteiger partial charge in [0.15, 0.2) is 0 Å². The lowest BCUT2D eigenvalue weighted by molar-refractivity contribution is 0.522. The Labute approximate surface area is 210 Å². The molecule has 1 aliphatic rings. The van der Waals surface area contributed by atoms with E-state index in [1.165, 1.54) is 74.2 Å². The monoisotopic (exact) mass is 470 g/mol. The van der Waals surface area contributed by atoms with E-state index in [9.17, 15) is 0 Å². The first-order valence-corrected chi connectivity index (χ1v) is 15.3. The van der Waals surface area contributed by atoms with Gasteiger partial charge in [0, 0.05) is 11.3 Å². The second-order valence-corrected chi connectivity index (χ2v) is 13.1. The molecule has 0 amide bonds. The average Bonchev–Trinajstić information content (AvgIpc) is 2.87. The Kier molecular flexibility index (Phi) is 9.41. The van der Waals surface area contributed by atoms with Gasteiger partial charge < -0.3 is 0 Å². The molecule has 180 valence electrons. The highest BCUT2D eigenvalue weighted by Crippen LogP contribution is 2.70. The van der Waals surface area contributed by atoms with Crippen LogP contribution < -0.4 is 0 Å². The van der Waals surface area contributed by atoms with E-state index in [-0.39, 0.29) is 7.92 Å². The fourth-order valence-corrected chi connectivity index (χ4v) is 10.0. The Morgan fingerprint density at radius 3 is 1.68 bits per heavy atom. The Morgan fingerprint density at radius 2 is 1.12 bits per heavy atom. The summed E-state index contributed by atoms with van der Waals surface area (Å²) in [6.45, 7) is 6.99. The summed E-state index contributed by atoms with van der Waals surface area (Å²) in [7, 11) is -0.125. The van der Waals surface area contributed by atoms with Gasteiger partial charge in [0.05, 0.1) is 0 Å².